The summed E-state index contributed by atoms with van der Waals surface area (Å²) in [6, 6.07) is 15.6. The molecule has 0 aliphatic carbocycles. The lowest BCUT2D eigenvalue weighted by atomic mass is 10.1. The summed E-state index contributed by atoms with van der Waals surface area (Å²) < 4.78 is 45.2. The molecule has 14 nitrogen and oxygen atoms in total. The molecule has 2 atom stereocenters. The van der Waals surface area contributed by atoms with Crippen LogP contribution in [0.4, 0.5) is 0 Å². The van der Waals surface area contributed by atoms with E-state index in [0.717, 1.165) is 72.9 Å². The molecule has 1 aliphatic heterocycles. The number of nitrogens with zero attached hydrogens (tertiary/aromatic N) is 4. The molecule has 56 heavy (non-hydrogen) atoms. The van der Waals surface area contributed by atoms with Crippen molar-refractivity contribution in [2.45, 2.75) is 64.3 Å². The summed E-state index contributed by atoms with van der Waals surface area (Å²) in [6.45, 7) is 9.95. The molecule has 0 amide bonds. The molecular weight excluding hydrogens is 720 g/mol. The third-order valence-corrected chi connectivity index (χ3v) is 8.32. The molecule has 1 aliphatic rings. The third-order valence-electron chi connectivity index (χ3n) is 8.32. The minimum absolute atomic E-state index is 0.298. The second-order valence-corrected chi connectivity index (χ2v) is 12.5. The van der Waals surface area contributed by atoms with E-state index >= 15 is 0 Å². The van der Waals surface area contributed by atoms with E-state index in [0.29, 0.717) is 76.0 Å². The normalized spacial score (nSPS) is 15.1. The zero-order valence-electron chi connectivity index (χ0n) is 31.4. The number of aromatic nitrogens is 4. The molecule has 0 unspecified atom stereocenters. The van der Waals surface area contributed by atoms with E-state index in [1.807, 2.05) is 48.5 Å². The van der Waals surface area contributed by atoms with Crippen LogP contribution in [0.2, 0.25) is 0 Å². The summed E-state index contributed by atoms with van der Waals surface area (Å²) in [5, 5.41) is 0. The number of benzene rings is 2. The maximum absolute atomic E-state index is 11.1. The molecule has 1 fully saturated rings. The smallest absolute Gasteiger partial charge is 0.330 e. The summed E-state index contributed by atoms with van der Waals surface area (Å²) >= 11 is 0. The van der Waals surface area contributed by atoms with Gasteiger partial charge in [0.25, 0.3) is 0 Å². The van der Waals surface area contributed by atoms with E-state index in [-0.39, 0.29) is 0 Å². The first-order valence-corrected chi connectivity index (χ1v) is 18.6. The van der Waals surface area contributed by atoms with Gasteiger partial charge in [0.05, 0.1) is 77.6 Å². The van der Waals surface area contributed by atoms with E-state index in [4.69, 9.17) is 37.9 Å². The Balaban J connectivity index is 0.992. The molecule has 296 valence electrons. The molecule has 1 saturated heterocycles. The largest absolute Gasteiger partial charge is 0.490 e. The first-order valence-electron chi connectivity index (χ1n) is 18.6. The van der Waals surface area contributed by atoms with E-state index in [1.54, 1.807) is 24.8 Å². The highest BCUT2D eigenvalue weighted by molar-refractivity contribution is 5.81. The van der Waals surface area contributed by atoms with Crippen molar-refractivity contribution in [3.05, 3.63) is 110 Å². The summed E-state index contributed by atoms with van der Waals surface area (Å²) in [5.74, 6) is 1.54. The molecule has 4 aromatic rings. The van der Waals surface area contributed by atoms with Gasteiger partial charge in [0.15, 0.2) is 23.1 Å². The van der Waals surface area contributed by atoms with E-state index < -0.39 is 24.5 Å². The van der Waals surface area contributed by atoms with Gasteiger partial charge in [-0.2, -0.15) is 0 Å². The van der Waals surface area contributed by atoms with Crippen LogP contribution in [0.3, 0.4) is 0 Å². The lowest BCUT2D eigenvalue weighted by Crippen LogP contribution is -2.41. The van der Waals surface area contributed by atoms with Crippen molar-refractivity contribution in [2.75, 3.05) is 39.6 Å². The Kier molecular flexibility index (Phi) is 17.4. The fourth-order valence-electron chi connectivity index (χ4n) is 5.28. The predicted octanol–water partition coefficient (Wildman–Crippen LogP) is 6.59. The van der Waals surface area contributed by atoms with Crippen LogP contribution in [0, 0.1) is 0 Å². The van der Waals surface area contributed by atoms with Crippen LogP contribution < -0.4 is 9.47 Å². The Hall–Kier alpha value is -5.54. The van der Waals surface area contributed by atoms with Crippen molar-refractivity contribution in [2.24, 2.45) is 0 Å². The van der Waals surface area contributed by atoms with Crippen LogP contribution in [0.5, 0.6) is 11.5 Å². The van der Waals surface area contributed by atoms with E-state index in [2.05, 4.69) is 33.1 Å². The van der Waals surface area contributed by atoms with Crippen molar-refractivity contribution >= 4 is 11.9 Å². The second-order valence-electron chi connectivity index (χ2n) is 12.5. The van der Waals surface area contributed by atoms with Crippen LogP contribution in [0.25, 0.3) is 22.8 Å². The van der Waals surface area contributed by atoms with Gasteiger partial charge in [-0.15, -0.1) is 0 Å². The van der Waals surface area contributed by atoms with Crippen molar-refractivity contribution in [3.8, 4) is 34.3 Å². The van der Waals surface area contributed by atoms with Crippen LogP contribution in [-0.2, 0) is 51.2 Å². The number of carbonyl (C=O) groups is 2. The van der Waals surface area contributed by atoms with Crippen LogP contribution in [0.1, 0.15) is 49.7 Å². The minimum Gasteiger partial charge on any atom is -0.490 e. The zero-order chi connectivity index (χ0) is 39.2. The number of rotatable bonds is 24. The Labute approximate surface area is 326 Å². The Bertz CT molecular complexity index is 1660. The average molecular weight is 769 g/mol. The molecule has 0 bridgehead atoms. The first-order chi connectivity index (χ1) is 27.5. The number of hydrogen-bond donors (Lipinski definition) is 0. The van der Waals surface area contributed by atoms with Gasteiger partial charge in [-0.25, -0.2) is 29.5 Å². The topological polar surface area (TPSA) is 160 Å². The standard InChI is InChI=1S/C42H48N4O10/c1-3-37(47)51-21-9-5-7-19-49-35-25-43-39(44-26-35)33-15-11-31(12-16-33)29-55-41-42(54-24-23-53-41)56-30-32-13-17-34(18-14-32)40-45-27-36(28-46-40)50-20-8-6-10-22-52-38(48)4-2/h3-4,11-18,25-28,41-42H,1-2,5-10,19-24,29-30H2/t41-,42-/m0/s1. The third kappa shape index (κ3) is 14.3. The van der Waals surface area contributed by atoms with Gasteiger partial charge >= 0.3 is 11.9 Å². The zero-order valence-corrected chi connectivity index (χ0v) is 31.4. The summed E-state index contributed by atoms with van der Waals surface area (Å²) in [6.07, 6.45) is 12.5. The Morgan fingerprint density at radius 3 is 1.32 bits per heavy atom. The van der Waals surface area contributed by atoms with Gasteiger partial charge in [0.2, 0.25) is 12.6 Å². The fraction of sp³-hybridized carbons (Fsp3) is 0.381. The second kappa shape index (κ2) is 23.4. The highest BCUT2D eigenvalue weighted by Crippen LogP contribution is 2.22. The van der Waals surface area contributed by atoms with Gasteiger partial charge in [0, 0.05) is 23.3 Å². The Morgan fingerprint density at radius 1 is 0.571 bits per heavy atom. The summed E-state index contributed by atoms with van der Waals surface area (Å²) in [4.78, 5) is 39.9. The average Bonchev–Trinajstić information content (AvgIpc) is 3.25. The number of carbonyl (C=O) groups excluding carboxylic acids is 2. The van der Waals surface area contributed by atoms with Gasteiger partial charge < -0.3 is 37.9 Å². The van der Waals surface area contributed by atoms with E-state index in [1.165, 1.54) is 0 Å². The molecule has 14 heteroatoms. The maximum atomic E-state index is 11.1. The summed E-state index contributed by atoms with van der Waals surface area (Å²) in [7, 11) is 0. The molecule has 2 aromatic carbocycles. The monoisotopic (exact) mass is 768 g/mol. The van der Waals surface area contributed by atoms with E-state index in [9.17, 15) is 9.59 Å². The van der Waals surface area contributed by atoms with Crippen molar-refractivity contribution < 1.29 is 47.5 Å². The minimum atomic E-state index is -0.690. The highest BCUT2D eigenvalue weighted by Gasteiger charge is 2.29. The fourth-order valence-corrected chi connectivity index (χ4v) is 5.28. The Morgan fingerprint density at radius 2 is 0.946 bits per heavy atom. The lowest BCUT2D eigenvalue weighted by molar-refractivity contribution is -0.326. The van der Waals surface area contributed by atoms with Crippen molar-refractivity contribution in [1.29, 1.82) is 0 Å². The molecule has 3 heterocycles. The summed E-state index contributed by atoms with van der Waals surface area (Å²) in [5.41, 5.74) is 3.61. The molecule has 0 spiro atoms. The number of unbranched alkanes of at least 4 members (excludes halogenated alkanes) is 4. The lowest BCUT2D eigenvalue weighted by Gasteiger charge is -2.31. The van der Waals surface area contributed by atoms with Gasteiger partial charge in [-0.3, -0.25) is 0 Å². The quantitative estimate of drug-likeness (QED) is 0.0427. The molecular formula is C42H48N4O10. The van der Waals surface area contributed by atoms with Crippen LogP contribution in [0.15, 0.2) is 98.6 Å². The van der Waals surface area contributed by atoms with Gasteiger partial charge in [0.1, 0.15) is 0 Å². The van der Waals surface area contributed by atoms with Gasteiger partial charge in [-0.05, 0) is 49.7 Å². The SMILES string of the molecule is C=CC(=O)OCCCCCOc1cnc(-c2ccc(CO[C@@H]3OCCO[C@H]3OCc3ccc(-c4ncc(OCCCCCOC(=O)C=C)cn4)cc3)cc2)nc1. The molecule has 2 aromatic heterocycles. The molecule has 0 radical (unpaired) electrons. The van der Waals surface area contributed by atoms with Crippen molar-refractivity contribution in [1.82, 2.24) is 19.9 Å². The number of hydrogen-bond acceptors (Lipinski definition) is 14. The van der Waals surface area contributed by atoms with Crippen LogP contribution >= 0.6 is 0 Å². The van der Waals surface area contributed by atoms with Crippen molar-refractivity contribution in [3.63, 3.8) is 0 Å². The van der Waals surface area contributed by atoms with Crippen LogP contribution in [-0.4, -0.2) is 84.1 Å². The predicted molar refractivity (Wildman–Crippen MR) is 205 cm³/mol. The molecule has 0 N–H and O–H groups in total. The highest BCUT2D eigenvalue weighted by atomic mass is 16.8. The number of esters is 2. The van der Waals surface area contributed by atoms with Gasteiger partial charge in [-0.1, -0.05) is 61.7 Å². The molecule has 5 rings (SSSR count). The number of ether oxygens (including phenoxy) is 8. The maximum Gasteiger partial charge on any atom is 0.330 e. The molecule has 0 saturated carbocycles. The first kappa shape index (κ1) is 41.6.